The normalized spacial score (nSPS) is 14.1. The first-order valence-electron chi connectivity index (χ1n) is 10.3. The van der Waals surface area contributed by atoms with E-state index in [2.05, 4.69) is 0 Å². The summed E-state index contributed by atoms with van der Waals surface area (Å²) in [4.78, 5) is 16.7. The largest absolute Gasteiger partial charge is 0.416 e. The average molecular weight is 427 g/mol. The molecule has 3 aromatic rings. The van der Waals surface area contributed by atoms with Gasteiger partial charge in [-0.05, 0) is 48.7 Å². The van der Waals surface area contributed by atoms with Crippen molar-refractivity contribution in [2.45, 2.75) is 25.6 Å². The average Bonchev–Trinajstić information content (AvgIpc) is 3.42. The van der Waals surface area contributed by atoms with Crippen molar-refractivity contribution in [1.29, 1.82) is 0 Å². The van der Waals surface area contributed by atoms with Gasteiger partial charge in [0, 0.05) is 38.6 Å². The molecule has 162 valence electrons. The van der Waals surface area contributed by atoms with Gasteiger partial charge in [-0.15, -0.1) is 0 Å². The summed E-state index contributed by atoms with van der Waals surface area (Å²) in [5.41, 5.74) is 2.28. The van der Waals surface area contributed by atoms with Gasteiger partial charge >= 0.3 is 6.18 Å². The third-order valence-corrected chi connectivity index (χ3v) is 5.60. The van der Waals surface area contributed by atoms with E-state index in [1.807, 2.05) is 59.4 Å². The highest BCUT2D eigenvalue weighted by molar-refractivity contribution is 5.94. The van der Waals surface area contributed by atoms with Crippen LogP contribution in [0.5, 0.6) is 0 Å². The highest BCUT2D eigenvalue weighted by Crippen LogP contribution is 2.34. The molecule has 7 heteroatoms. The summed E-state index contributed by atoms with van der Waals surface area (Å²) in [6.07, 6.45) is -0.516. The molecular formula is C24H24F3N3O. The zero-order valence-electron chi connectivity index (χ0n) is 17.3. The molecule has 0 atom stereocenters. The zero-order valence-corrected chi connectivity index (χ0v) is 17.3. The number of benzene rings is 2. The van der Waals surface area contributed by atoms with E-state index >= 15 is 0 Å². The van der Waals surface area contributed by atoms with Crippen molar-refractivity contribution in [1.82, 2.24) is 9.47 Å². The Morgan fingerprint density at radius 1 is 0.968 bits per heavy atom. The maximum atomic E-state index is 13.0. The minimum atomic E-state index is -4.38. The molecule has 0 saturated carbocycles. The Hall–Kier alpha value is -3.22. The van der Waals surface area contributed by atoms with Crippen LogP contribution in [-0.4, -0.2) is 28.5 Å². The van der Waals surface area contributed by atoms with E-state index in [1.54, 1.807) is 4.57 Å². The minimum Gasteiger partial charge on any atom is -0.344 e. The fourth-order valence-corrected chi connectivity index (χ4v) is 3.92. The van der Waals surface area contributed by atoms with Crippen molar-refractivity contribution in [2.75, 3.05) is 18.0 Å². The van der Waals surface area contributed by atoms with Crippen LogP contribution in [0.25, 0.3) is 0 Å². The number of halogens is 3. The molecule has 2 aromatic carbocycles. The minimum absolute atomic E-state index is 0.0154. The fourth-order valence-electron chi connectivity index (χ4n) is 3.92. The monoisotopic (exact) mass is 427 g/mol. The highest BCUT2D eigenvalue weighted by Gasteiger charge is 2.30. The first kappa shape index (κ1) is 21.0. The van der Waals surface area contributed by atoms with Gasteiger partial charge in [-0.25, -0.2) is 0 Å². The van der Waals surface area contributed by atoms with E-state index in [4.69, 9.17) is 0 Å². The van der Waals surface area contributed by atoms with Gasteiger partial charge < -0.3 is 14.4 Å². The van der Waals surface area contributed by atoms with Crippen LogP contribution < -0.4 is 4.90 Å². The van der Waals surface area contributed by atoms with Crippen LogP contribution in [0.1, 0.15) is 34.5 Å². The highest BCUT2D eigenvalue weighted by atomic mass is 19.4. The van der Waals surface area contributed by atoms with Crippen LogP contribution in [0, 0.1) is 0 Å². The predicted octanol–water partition coefficient (Wildman–Crippen LogP) is 5.62. The van der Waals surface area contributed by atoms with Gasteiger partial charge in [-0.1, -0.05) is 30.3 Å². The number of hydrogen-bond acceptors (Lipinski definition) is 2. The van der Waals surface area contributed by atoms with E-state index < -0.39 is 11.7 Å². The number of aromatic nitrogens is 1. The number of carbonyl (C=O) groups excluding carboxylic acids is 1. The Morgan fingerprint density at radius 2 is 1.61 bits per heavy atom. The van der Waals surface area contributed by atoms with Gasteiger partial charge in [0.25, 0.3) is 5.91 Å². The Labute approximate surface area is 179 Å². The van der Waals surface area contributed by atoms with Gasteiger partial charge in [-0.3, -0.25) is 4.79 Å². The molecule has 31 heavy (non-hydrogen) atoms. The number of nitrogens with zero attached hydrogens (tertiary/aromatic N) is 3. The van der Waals surface area contributed by atoms with Gasteiger partial charge in [0.2, 0.25) is 0 Å². The third-order valence-electron chi connectivity index (χ3n) is 5.60. The topological polar surface area (TPSA) is 28.5 Å². The number of aryl methyl sites for hydroxylation is 1. The summed E-state index contributed by atoms with van der Waals surface area (Å²) in [5, 5.41) is 0. The molecule has 1 fully saturated rings. The molecule has 0 aliphatic carbocycles. The van der Waals surface area contributed by atoms with Crippen molar-refractivity contribution in [3.05, 3.63) is 83.7 Å². The molecule has 0 bridgehead atoms. The molecule has 0 unspecified atom stereocenters. The van der Waals surface area contributed by atoms with Gasteiger partial charge in [0.1, 0.15) is 5.69 Å². The van der Waals surface area contributed by atoms with Crippen LogP contribution in [0.4, 0.5) is 24.5 Å². The summed E-state index contributed by atoms with van der Waals surface area (Å²) >= 11 is 0. The molecule has 0 spiro atoms. The Morgan fingerprint density at radius 3 is 2.23 bits per heavy atom. The van der Waals surface area contributed by atoms with Crippen LogP contribution in [0.15, 0.2) is 66.9 Å². The first-order valence-corrected chi connectivity index (χ1v) is 10.3. The number of likely N-dealkylation sites (tertiary alicyclic amines) is 1. The van der Waals surface area contributed by atoms with Crippen LogP contribution in [0.3, 0.4) is 0 Å². The smallest absolute Gasteiger partial charge is 0.344 e. The van der Waals surface area contributed by atoms with E-state index in [-0.39, 0.29) is 5.91 Å². The molecular weight excluding hydrogens is 403 g/mol. The maximum absolute atomic E-state index is 13.0. The SMILES string of the molecule is Cn1cc(N(Cc2ccccc2)c2ccc(C(F)(F)F)cc2)cc1C(=O)N1CCCC1. The maximum Gasteiger partial charge on any atom is 0.416 e. The molecule has 0 N–H and O–H groups in total. The lowest BCUT2D eigenvalue weighted by Gasteiger charge is -2.24. The number of alkyl halides is 3. The second kappa shape index (κ2) is 8.49. The molecule has 1 aliphatic heterocycles. The van der Waals surface area contributed by atoms with Crippen molar-refractivity contribution >= 4 is 17.3 Å². The molecule has 1 aromatic heterocycles. The number of hydrogen-bond donors (Lipinski definition) is 0. The Bertz CT molecular complexity index is 1040. The van der Waals surface area contributed by atoms with Crippen LogP contribution in [0.2, 0.25) is 0 Å². The number of rotatable bonds is 5. The molecule has 4 rings (SSSR count). The third kappa shape index (κ3) is 4.60. The van der Waals surface area contributed by atoms with Crippen LogP contribution in [-0.2, 0) is 19.8 Å². The lowest BCUT2D eigenvalue weighted by molar-refractivity contribution is -0.137. The van der Waals surface area contributed by atoms with Gasteiger partial charge in [0.05, 0.1) is 11.3 Å². The quantitative estimate of drug-likeness (QED) is 0.529. The lowest BCUT2D eigenvalue weighted by Crippen LogP contribution is -2.29. The Kier molecular flexibility index (Phi) is 5.76. The first-order chi connectivity index (χ1) is 14.8. The summed E-state index contributed by atoms with van der Waals surface area (Å²) in [5.74, 6) is -0.0154. The summed E-state index contributed by atoms with van der Waals surface area (Å²) in [6.45, 7) is 1.98. The van der Waals surface area contributed by atoms with Crippen molar-refractivity contribution < 1.29 is 18.0 Å². The molecule has 1 amide bonds. The second-order valence-electron chi connectivity index (χ2n) is 7.81. The van der Waals surface area contributed by atoms with Crippen LogP contribution >= 0.6 is 0 Å². The van der Waals surface area contributed by atoms with Gasteiger partial charge in [-0.2, -0.15) is 13.2 Å². The molecule has 1 aliphatic rings. The summed E-state index contributed by atoms with van der Waals surface area (Å²) < 4.78 is 40.9. The number of anilines is 2. The number of amides is 1. The lowest BCUT2D eigenvalue weighted by atomic mass is 10.1. The van der Waals surface area contributed by atoms with E-state index in [0.717, 1.165) is 49.3 Å². The van der Waals surface area contributed by atoms with E-state index in [1.165, 1.54) is 12.1 Å². The molecule has 2 heterocycles. The fraction of sp³-hybridized carbons (Fsp3) is 0.292. The molecule has 0 radical (unpaired) electrons. The summed E-state index contributed by atoms with van der Waals surface area (Å²) in [6, 6.07) is 16.6. The van der Waals surface area contributed by atoms with E-state index in [0.29, 0.717) is 17.9 Å². The summed E-state index contributed by atoms with van der Waals surface area (Å²) in [7, 11) is 1.82. The molecule has 1 saturated heterocycles. The van der Waals surface area contributed by atoms with Gasteiger partial charge in [0.15, 0.2) is 0 Å². The van der Waals surface area contributed by atoms with E-state index in [9.17, 15) is 18.0 Å². The second-order valence-corrected chi connectivity index (χ2v) is 7.81. The molecule has 4 nitrogen and oxygen atoms in total. The zero-order chi connectivity index (χ0) is 22.0. The Balaban J connectivity index is 1.69. The standard InChI is InChI=1S/C24H24F3N3O/c1-28-17-21(15-22(28)23(31)29-13-5-6-14-29)30(16-18-7-3-2-4-8-18)20-11-9-19(10-12-20)24(25,26)27/h2-4,7-12,15,17H,5-6,13-14,16H2,1H3. The van der Waals surface area contributed by atoms with Crippen molar-refractivity contribution in [3.8, 4) is 0 Å². The predicted molar refractivity (Wildman–Crippen MR) is 114 cm³/mol. The van der Waals surface area contributed by atoms with Crippen molar-refractivity contribution in [3.63, 3.8) is 0 Å². The van der Waals surface area contributed by atoms with Crippen molar-refractivity contribution in [2.24, 2.45) is 7.05 Å². The number of carbonyl (C=O) groups is 1.